The molecule has 1 aromatic heterocycles. The second-order valence-corrected chi connectivity index (χ2v) is 14.6. The lowest BCUT2D eigenvalue weighted by atomic mass is 10.0. The van der Waals surface area contributed by atoms with Gasteiger partial charge in [-0.05, 0) is 63.2 Å². The normalized spacial score (nSPS) is 18.5. The van der Waals surface area contributed by atoms with Gasteiger partial charge in [0.1, 0.15) is 28.2 Å². The molecule has 0 spiro atoms. The maximum absolute atomic E-state index is 13.5. The fourth-order valence-electron chi connectivity index (χ4n) is 5.03. The number of aliphatic hydroxyl groups is 1. The predicted octanol–water partition coefficient (Wildman–Crippen LogP) is 2.57. The van der Waals surface area contributed by atoms with Crippen molar-refractivity contribution in [2.45, 2.75) is 56.1 Å². The molecule has 3 atom stereocenters. The molecule has 0 saturated heterocycles. The lowest BCUT2D eigenvalue weighted by Crippen LogP contribution is -2.48. The number of hydrogen-bond donors (Lipinski definition) is 2. The first-order chi connectivity index (χ1) is 20.7. The molecule has 4 rings (SSSR count). The Labute approximate surface area is 257 Å². The molecule has 1 aliphatic rings. The Morgan fingerprint density at radius 1 is 1.16 bits per heavy atom. The monoisotopic (exact) mass is 650 g/mol. The number of nitrogens with one attached hydrogen (secondary N) is 1. The maximum Gasteiger partial charge on any atom is 0.261 e. The van der Waals surface area contributed by atoms with Crippen molar-refractivity contribution in [2.24, 2.45) is 5.92 Å². The van der Waals surface area contributed by atoms with Crippen LogP contribution < -0.4 is 14.2 Å². The molecule has 0 radical (unpaired) electrons. The summed E-state index contributed by atoms with van der Waals surface area (Å²) in [6, 6.07) is 9.97. The van der Waals surface area contributed by atoms with Gasteiger partial charge < -0.3 is 24.0 Å². The van der Waals surface area contributed by atoms with Gasteiger partial charge in [-0.2, -0.15) is 4.31 Å². The Hall–Kier alpha value is -3.66. The number of likely N-dealkylation sites (N-methyl/N-ethyl adjacent to an activating group) is 1. The third kappa shape index (κ3) is 7.01. The fourth-order valence-corrected chi connectivity index (χ4v) is 7.55. The summed E-state index contributed by atoms with van der Waals surface area (Å²) in [5.74, 6) is 0.322. The van der Waals surface area contributed by atoms with Crippen LogP contribution in [0.1, 0.15) is 30.9 Å². The molecule has 2 aromatic carbocycles. The number of methoxy groups -OCH3 is 1. The van der Waals surface area contributed by atoms with Crippen molar-refractivity contribution in [2.75, 3.05) is 38.6 Å². The van der Waals surface area contributed by atoms with Crippen molar-refractivity contribution in [1.82, 2.24) is 14.4 Å². The zero-order valence-corrected chi connectivity index (χ0v) is 27.1. The molecule has 1 amide bonds. The highest BCUT2D eigenvalue weighted by molar-refractivity contribution is 7.92. The average molecular weight is 651 g/mol. The summed E-state index contributed by atoms with van der Waals surface area (Å²) in [6.07, 6.45) is -0.861. The van der Waals surface area contributed by atoms with E-state index in [1.165, 1.54) is 62.4 Å². The second-order valence-electron chi connectivity index (χ2n) is 10.9. The van der Waals surface area contributed by atoms with E-state index in [2.05, 4.69) is 9.88 Å². The topological polar surface area (TPSA) is 169 Å². The number of aromatic nitrogens is 1. The Balaban J connectivity index is 1.68. The number of carbonyl (C=O) groups is 1. The second kappa shape index (κ2) is 13.1. The lowest BCUT2D eigenvalue weighted by Gasteiger charge is -2.33. The fraction of sp³-hybridized carbons (Fsp3) is 0.448. The highest BCUT2D eigenvalue weighted by Crippen LogP contribution is 2.31. The number of aryl methyl sites for hydroxylation is 2. The summed E-state index contributed by atoms with van der Waals surface area (Å²) < 4.78 is 73.4. The number of amides is 1. The number of rotatable bonds is 10. The molecule has 44 heavy (non-hydrogen) atoms. The van der Waals surface area contributed by atoms with Gasteiger partial charge in [0.2, 0.25) is 15.9 Å². The van der Waals surface area contributed by atoms with Gasteiger partial charge in [0.05, 0.1) is 37.6 Å². The summed E-state index contributed by atoms with van der Waals surface area (Å²) >= 11 is 0. The Morgan fingerprint density at radius 3 is 2.43 bits per heavy atom. The number of benzene rings is 2. The smallest absolute Gasteiger partial charge is 0.261 e. The summed E-state index contributed by atoms with van der Waals surface area (Å²) in [4.78, 5) is 15.0. The van der Waals surface area contributed by atoms with Gasteiger partial charge in [0.15, 0.2) is 5.76 Å². The standard InChI is InChI=1S/C29H38N4O9S2/c1-18-15-33(19(2)17-34)28(35)14-22-13-23(31-43(36,37)25-10-8-24(40-6)9-11-25)7-12-26(22)41-27(18)16-32(5)44(38,39)29-20(3)30-42-21(29)4/h7-13,18-19,27,31,34H,14-17H2,1-6H3/t18-,19+,27+/m0/s1. The Kier molecular flexibility index (Phi) is 9.93. The number of ether oxygens (including phenoxy) is 2. The number of fused-ring (bicyclic) bond motifs is 1. The molecular weight excluding hydrogens is 612 g/mol. The first kappa shape index (κ1) is 33.2. The predicted molar refractivity (Wildman–Crippen MR) is 162 cm³/mol. The quantitative estimate of drug-likeness (QED) is 0.333. The van der Waals surface area contributed by atoms with Crippen molar-refractivity contribution in [3.8, 4) is 11.5 Å². The number of carbonyl (C=O) groups excluding carboxylic acids is 1. The minimum Gasteiger partial charge on any atom is -0.497 e. The minimum absolute atomic E-state index is 0.0180. The van der Waals surface area contributed by atoms with Crippen LogP contribution in [0.2, 0.25) is 0 Å². The van der Waals surface area contributed by atoms with Gasteiger partial charge in [-0.3, -0.25) is 9.52 Å². The van der Waals surface area contributed by atoms with Gasteiger partial charge in [-0.15, -0.1) is 0 Å². The average Bonchev–Trinajstić information content (AvgIpc) is 3.34. The summed E-state index contributed by atoms with van der Waals surface area (Å²) in [6.45, 7) is 6.46. The minimum atomic E-state index is -4.00. The number of hydrogen-bond acceptors (Lipinski definition) is 10. The van der Waals surface area contributed by atoms with Crippen LogP contribution in [0.5, 0.6) is 11.5 Å². The van der Waals surface area contributed by atoms with E-state index in [9.17, 15) is 26.7 Å². The summed E-state index contributed by atoms with van der Waals surface area (Å²) in [5, 5.41) is 13.7. The summed E-state index contributed by atoms with van der Waals surface area (Å²) in [5.41, 5.74) is 0.844. The zero-order chi connectivity index (χ0) is 32.4. The van der Waals surface area contributed by atoms with Gasteiger partial charge >= 0.3 is 0 Å². The van der Waals surface area contributed by atoms with Gasteiger partial charge in [-0.25, -0.2) is 16.8 Å². The Morgan fingerprint density at radius 2 is 1.84 bits per heavy atom. The van der Waals surface area contributed by atoms with Crippen LogP contribution in [0, 0.1) is 19.8 Å². The number of aliphatic hydroxyl groups excluding tert-OH is 1. The van der Waals surface area contributed by atoms with Crippen LogP contribution >= 0.6 is 0 Å². The van der Waals surface area contributed by atoms with Crippen LogP contribution in [0.3, 0.4) is 0 Å². The van der Waals surface area contributed by atoms with E-state index in [1.807, 2.05) is 6.92 Å². The van der Waals surface area contributed by atoms with Crippen LogP contribution in [0.25, 0.3) is 0 Å². The molecule has 15 heteroatoms. The SMILES string of the molecule is COc1ccc(S(=O)(=O)Nc2ccc3c(c2)CC(=O)N([C@H](C)CO)C[C@H](C)[C@@H](CN(C)S(=O)(=O)c2c(C)noc2C)O3)cc1. The van der Waals surface area contributed by atoms with E-state index in [4.69, 9.17) is 14.0 Å². The summed E-state index contributed by atoms with van der Waals surface area (Å²) in [7, 11) is -5.06. The van der Waals surface area contributed by atoms with Crippen LogP contribution in [-0.4, -0.2) is 88.2 Å². The molecule has 2 heterocycles. The molecule has 0 aliphatic carbocycles. The van der Waals surface area contributed by atoms with Crippen LogP contribution in [-0.2, 0) is 31.3 Å². The number of nitrogens with zero attached hydrogens (tertiary/aromatic N) is 3. The maximum atomic E-state index is 13.5. The molecule has 1 aliphatic heterocycles. The molecule has 240 valence electrons. The van der Waals surface area contributed by atoms with Crippen molar-refractivity contribution < 1.29 is 40.7 Å². The Bertz CT molecular complexity index is 1690. The first-order valence-electron chi connectivity index (χ1n) is 13.9. The first-order valence-corrected chi connectivity index (χ1v) is 16.9. The van der Waals surface area contributed by atoms with Crippen LogP contribution in [0.4, 0.5) is 5.69 Å². The van der Waals surface area contributed by atoms with E-state index >= 15 is 0 Å². The number of anilines is 1. The van der Waals surface area contributed by atoms with E-state index < -0.39 is 32.2 Å². The highest BCUT2D eigenvalue weighted by Gasteiger charge is 2.35. The molecular formula is C29H38N4O9S2. The van der Waals surface area contributed by atoms with Crippen molar-refractivity contribution in [1.29, 1.82) is 0 Å². The van der Waals surface area contributed by atoms with E-state index in [0.29, 0.717) is 17.1 Å². The van der Waals surface area contributed by atoms with Crippen molar-refractivity contribution in [3.63, 3.8) is 0 Å². The lowest BCUT2D eigenvalue weighted by molar-refractivity contribution is -0.134. The van der Waals surface area contributed by atoms with E-state index in [-0.39, 0.29) is 64.9 Å². The van der Waals surface area contributed by atoms with Gasteiger partial charge in [0, 0.05) is 30.8 Å². The van der Waals surface area contributed by atoms with Crippen molar-refractivity contribution in [3.05, 3.63) is 59.5 Å². The largest absolute Gasteiger partial charge is 0.497 e. The molecule has 3 aromatic rings. The number of sulfonamides is 2. The molecule has 0 fully saturated rings. The molecule has 2 N–H and O–H groups in total. The van der Waals surface area contributed by atoms with Gasteiger partial charge in [0.25, 0.3) is 10.0 Å². The van der Waals surface area contributed by atoms with Crippen LogP contribution in [0.15, 0.2) is 56.8 Å². The third-order valence-corrected chi connectivity index (χ3v) is 11.1. The van der Waals surface area contributed by atoms with E-state index in [1.54, 1.807) is 19.9 Å². The molecule has 13 nitrogen and oxygen atoms in total. The van der Waals surface area contributed by atoms with Crippen molar-refractivity contribution >= 4 is 31.6 Å². The zero-order valence-electron chi connectivity index (χ0n) is 25.5. The molecule has 0 unspecified atom stereocenters. The molecule has 0 bridgehead atoms. The van der Waals surface area contributed by atoms with Gasteiger partial charge in [-0.1, -0.05) is 12.1 Å². The third-order valence-electron chi connectivity index (χ3n) is 7.61. The van der Waals surface area contributed by atoms with E-state index in [0.717, 1.165) is 4.31 Å². The molecule has 0 saturated carbocycles. The highest BCUT2D eigenvalue weighted by atomic mass is 32.2.